The minimum absolute atomic E-state index is 0.0403. The highest BCUT2D eigenvalue weighted by Crippen LogP contribution is 2.33. The zero-order chi connectivity index (χ0) is 26.5. The molecule has 0 saturated carbocycles. The van der Waals surface area contributed by atoms with Gasteiger partial charge in [-0.3, -0.25) is 14.1 Å². The molecule has 3 aromatic rings. The molecule has 10 nitrogen and oxygen atoms in total. The van der Waals surface area contributed by atoms with Gasteiger partial charge in [0.2, 0.25) is 5.91 Å². The Morgan fingerprint density at radius 3 is 2.68 bits per heavy atom. The summed E-state index contributed by atoms with van der Waals surface area (Å²) in [4.78, 5) is 41.8. The van der Waals surface area contributed by atoms with E-state index in [-0.39, 0.29) is 19.0 Å². The maximum atomic E-state index is 14.8. The van der Waals surface area contributed by atoms with Crippen LogP contribution < -0.4 is 10.2 Å². The first-order chi connectivity index (χ1) is 17.4. The summed E-state index contributed by atoms with van der Waals surface area (Å²) < 4.78 is 22.0. The van der Waals surface area contributed by atoms with Crippen molar-refractivity contribution in [2.75, 3.05) is 29.9 Å². The van der Waals surface area contributed by atoms with E-state index < -0.39 is 29.3 Å². The number of nitrogens with one attached hydrogen (secondary N) is 1. The van der Waals surface area contributed by atoms with Crippen molar-refractivity contribution in [2.45, 2.75) is 58.9 Å². The molecule has 0 aliphatic carbocycles. The van der Waals surface area contributed by atoms with Gasteiger partial charge in [0.05, 0.1) is 42.6 Å². The van der Waals surface area contributed by atoms with Crippen molar-refractivity contribution in [2.24, 2.45) is 5.41 Å². The zero-order valence-electron chi connectivity index (χ0n) is 21.7. The topological polar surface area (TPSA) is 105 Å². The summed E-state index contributed by atoms with van der Waals surface area (Å²) in [5, 5.41) is 3.13. The molecule has 1 unspecified atom stereocenters. The summed E-state index contributed by atoms with van der Waals surface area (Å²) in [5.74, 6) is 1.09. The lowest BCUT2D eigenvalue weighted by atomic mass is 9.92. The Bertz CT molecular complexity index is 1350. The number of carbonyl (C=O) groups excluding carboxylic acids is 2. The number of rotatable bonds is 4. The van der Waals surface area contributed by atoms with Gasteiger partial charge in [0.15, 0.2) is 11.5 Å². The first-order valence-corrected chi connectivity index (χ1v) is 12.4. The van der Waals surface area contributed by atoms with Crippen LogP contribution in [0.25, 0.3) is 17.0 Å². The SMILES string of the molecule is CC(C)(C)OC(=O)N1CC(Nc2cccc(-c3cnc4cnc(N5CCC(C)(C)C5=O)cn34)n2)[C@@H](F)C1. The van der Waals surface area contributed by atoms with E-state index in [9.17, 15) is 14.0 Å². The molecule has 0 bridgehead atoms. The van der Waals surface area contributed by atoms with Crippen molar-refractivity contribution in [3.63, 3.8) is 0 Å². The van der Waals surface area contributed by atoms with E-state index in [1.807, 2.05) is 30.4 Å². The van der Waals surface area contributed by atoms with Crippen LogP contribution in [-0.4, -0.2) is 73.7 Å². The number of hydrogen-bond acceptors (Lipinski definition) is 7. The highest BCUT2D eigenvalue weighted by Gasteiger charge is 2.40. The van der Waals surface area contributed by atoms with Crippen molar-refractivity contribution in [3.05, 3.63) is 36.8 Å². The van der Waals surface area contributed by atoms with Gasteiger partial charge in [0, 0.05) is 18.5 Å². The van der Waals surface area contributed by atoms with Crippen LogP contribution in [0.4, 0.5) is 20.8 Å². The van der Waals surface area contributed by atoms with Crippen molar-refractivity contribution in [1.29, 1.82) is 0 Å². The summed E-state index contributed by atoms with van der Waals surface area (Å²) in [6.07, 6.45) is 4.10. The molecule has 2 saturated heterocycles. The van der Waals surface area contributed by atoms with Crippen molar-refractivity contribution < 1.29 is 18.7 Å². The van der Waals surface area contributed by atoms with Crippen molar-refractivity contribution >= 4 is 29.3 Å². The van der Waals surface area contributed by atoms with Gasteiger partial charge in [0.25, 0.3) is 0 Å². The molecule has 2 amide bonds. The molecule has 2 atom stereocenters. The number of imidazole rings is 1. The van der Waals surface area contributed by atoms with Crippen molar-refractivity contribution in [1.82, 2.24) is 24.3 Å². The average molecular weight is 510 g/mol. The quantitative estimate of drug-likeness (QED) is 0.568. The molecule has 0 radical (unpaired) electrons. The van der Waals surface area contributed by atoms with E-state index in [0.29, 0.717) is 35.2 Å². The van der Waals surface area contributed by atoms with Crippen LogP contribution in [0.3, 0.4) is 0 Å². The molecule has 3 aromatic heterocycles. The lowest BCUT2D eigenvalue weighted by molar-refractivity contribution is -0.124. The first-order valence-electron chi connectivity index (χ1n) is 12.4. The Morgan fingerprint density at radius 1 is 1.19 bits per heavy atom. The van der Waals surface area contributed by atoms with Gasteiger partial charge < -0.3 is 15.0 Å². The van der Waals surface area contributed by atoms with E-state index in [1.54, 1.807) is 50.3 Å². The number of amides is 2. The molecule has 0 aromatic carbocycles. The maximum Gasteiger partial charge on any atom is 0.410 e. The summed E-state index contributed by atoms with van der Waals surface area (Å²) in [6.45, 7) is 9.97. The van der Waals surface area contributed by atoms with Crippen LogP contribution >= 0.6 is 0 Å². The van der Waals surface area contributed by atoms with Gasteiger partial charge in [-0.25, -0.2) is 24.1 Å². The Kier molecular flexibility index (Phi) is 6.04. The molecular formula is C26H32FN7O3. The lowest BCUT2D eigenvalue weighted by Gasteiger charge is -2.24. The highest BCUT2D eigenvalue weighted by atomic mass is 19.1. The van der Waals surface area contributed by atoms with Gasteiger partial charge in [0.1, 0.15) is 17.6 Å². The first kappa shape index (κ1) is 24.9. The number of halogens is 1. The molecular weight excluding hydrogens is 477 g/mol. The van der Waals surface area contributed by atoms with E-state index in [1.165, 1.54) is 4.90 Å². The summed E-state index contributed by atoms with van der Waals surface area (Å²) in [6, 6.07) is 4.81. The third-order valence-electron chi connectivity index (χ3n) is 6.69. The second kappa shape index (κ2) is 8.97. The Balaban J connectivity index is 1.36. The lowest BCUT2D eigenvalue weighted by Crippen LogP contribution is -2.36. The molecule has 5 rings (SSSR count). The normalized spacial score (nSPS) is 21.6. The van der Waals surface area contributed by atoms with Gasteiger partial charge >= 0.3 is 6.09 Å². The van der Waals surface area contributed by atoms with Crippen LogP contribution in [0.2, 0.25) is 0 Å². The largest absolute Gasteiger partial charge is 0.444 e. The van der Waals surface area contributed by atoms with Crippen LogP contribution in [0.5, 0.6) is 0 Å². The second-order valence-electron chi connectivity index (χ2n) is 11.3. The third-order valence-corrected chi connectivity index (χ3v) is 6.69. The number of anilines is 2. The van der Waals surface area contributed by atoms with Crippen LogP contribution in [0, 0.1) is 5.41 Å². The monoisotopic (exact) mass is 509 g/mol. The second-order valence-corrected chi connectivity index (χ2v) is 11.3. The van der Waals surface area contributed by atoms with Gasteiger partial charge in [-0.15, -0.1) is 0 Å². The Hall–Kier alpha value is -3.76. The van der Waals surface area contributed by atoms with E-state index >= 15 is 0 Å². The van der Waals surface area contributed by atoms with E-state index in [4.69, 9.17) is 4.74 Å². The fourth-order valence-corrected chi connectivity index (χ4v) is 4.62. The molecule has 37 heavy (non-hydrogen) atoms. The molecule has 1 N–H and O–H groups in total. The Labute approximate surface area is 214 Å². The predicted molar refractivity (Wildman–Crippen MR) is 137 cm³/mol. The fraction of sp³-hybridized carbons (Fsp3) is 0.500. The third kappa shape index (κ3) is 4.94. The zero-order valence-corrected chi connectivity index (χ0v) is 21.7. The number of fused-ring (bicyclic) bond motifs is 1. The molecule has 2 aliphatic heterocycles. The highest BCUT2D eigenvalue weighted by molar-refractivity contribution is 5.98. The number of pyridine rings is 1. The summed E-state index contributed by atoms with van der Waals surface area (Å²) in [5.41, 5.74) is 0.902. The van der Waals surface area contributed by atoms with E-state index in [2.05, 4.69) is 20.3 Å². The van der Waals surface area contributed by atoms with Crippen LogP contribution in [0.1, 0.15) is 41.0 Å². The van der Waals surface area contributed by atoms with Crippen LogP contribution in [0.15, 0.2) is 36.8 Å². The maximum absolute atomic E-state index is 14.8. The number of alkyl halides is 1. The molecule has 11 heteroatoms. The van der Waals surface area contributed by atoms with Gasteiger partial charge in [-0.2, -0.15) is 0 Å². The number of nitrogens with zero attached hydrogens (tertiary/aromatic N) is 6. The van der Waals surface area contributed by atoms with Crippen molar-refractivity contribution in [3.8, 4) is 11.4 Å². The van der Waals surface area contributed by atoms with Gasteiger partial charge in [-0.05, 0) is 39.3 Å². The number of carbonyl (C=O) groups is 2. The minimum atomic E-state index is -1.26. The number of hydrogen-bond donors (Lipinski definition) is 1. The summed E-state index contributed by atoms with van der Waals surface area (Å²) >= 11 is 0. The molecule has 2 fully saturated rings. The average Bonchev–Trinajstić information content (AvgIpc) is 3.48. The fourth-order valence-electron chi connectivity index (χ4n) is 4.62. The molecule has 0 spiro atoms. The number of ether oxygens (including phenoxy) is 1. The number of aromatic nitrogens is 4. The number of likely N-dealkylation sites (tertiary alicyclic amines) is 1. The van der Waals surface area contributed by atoms with E-state index in [0.717, 1.165) is 6.42 Å². The smallest absolute Gasteiger partial charge is 0.410 e. The van der Waals surface area contributed by atoms with Crippen LogP contribution in [-0.2, 0) is 9.53 Å². The summed E-state index contributed by atoms with van der Waals surface area (Å²) in [7, 11) is 0. The molecule has 2 aliphatic rings. The molecule has 196 valence electrons. The Morgan fingerprint density at radius 2 is 1.97 bits per heavy atom. The molecule has 5 heterocycles. The van der Waals surface area contributed by atoms with Gasteiger partial charge in [-0.1, -0.05) is 19.9 Å². The minimum Gasteiger partial charge on any atom is -0.444 e. The predicted octanol–water partition coefficient (Wildman–Crippen LogP) is 3.92. The standard InChI is InChI=1S/C26H32FN7O3/c1-25(2,3)37-24(36)32-13-16(27)18(14-32)31-20-8-6-7-17(30-20)19-11-28-21-12-29-22(15-34(19)21)33-10-9-26(4,5)23(33)35/h6-8,11-12,15-16,18H,9-10,13-14H2,1-5H3,(H,30,31)/t16-,18?/m0/s1.